The van der Waals surface area contributed by atoms with Crippen molar-refractivity contribution in [3.05, 3.63) is 35.4 Å². The van der Waals surface area contributed by atoms with Gasteiger partial charge in [-0.05, 0) is 11.1 Å². The molecule has 4 nitrogen and oxygen atoms in total. The molecule has 0 aromatic heterocycles. The molecular formula is C8H10N4S4. The van der Waals surface area contributed by atoms with E-state index in [-0.39, 0.29) is 12.3 Å². The van der Waals surface area contributed by atoms with E-state index in [2.05, 4.69) is 43.2 Å². The standard InChI is InChI=1S/C8H10N4S4/c1-2-6(8-11-15-16-12-8)4-3-5(1)7-9-13-14-10-7/h1-4,7-12H. The van der Waals surface area contributed by atoms with Gasteiger partial charge in [-0.15, -0.1) is 0 Å². The van der Waals surface area contributed by atoms with Gasteiger partial charge in [0.1, 0.15) is 12.3 Å². The minimum absolute atomic E-state index is 0.247. The van der Waals surface area contributed by atoms with Crippen LogP contribution < -0.4 is 18.9 Å². The highest BCUT2D eigenvalue weighted by Gasteiger charge is 2.19. The summed E-state index contributed by atoms with van der Waals surface area (Å²) in [6.07, 6.45) is 0.495. The molecule has 2 fully saturated rings. The lowest BCUT2D eigenvalue weighted by Gasteiger charge is -2.12. The Balaban J connectivity index is 1.73. The molecule has 2 heterocycles. The van der Waals surface area contributed by atoms with Crippen LogP contribution in [0.5, 0.6) is 0 Å². The molecule has 3 rings (SSSR count). The summed E-state index contributed by atoms with van der Waals surface area (Å²) in [5, 5.41) is 0. The van der Waals surface area contributed by atoms with Crippen molar-refractivity contribution in [3.63, 3.8) is 0 Å². The summed E-state index contributed by atoms with van der Waals surface area (Å²) < 4.78 is 13.2. The first-order valence-corrected chi connectivity index (χ1v) is 9.00. The van der Waals surface area contributed by atoms with Crippen LogP contribution in [-0.4, -0.2) is 0 Å². The lowest BCUT2D eigenvalue weighted by Crippen LogP contribution is -2.19. The summed E-state index contributed by atoms with van der Waals surface area (Å²) in [5.74, 6) is 0. The predicted octanol–water partition coefficient (Wildman–Crippen LogP) is 2.49. The first-order chi connectivity index (χ1) is 7.93. The molecule has 16 heavy (non-hydrogen) atoms. The number of rotatable bonds is 2. The molecule has 4 N–H and O–H groups in total. The van der Waals surface area contributed by atoms with Gasteiger partial charge in [-0.1, -0.05) is 24.3 Å². The Hall–Kier alpha value is 0.460. The molecule has 8 heteroatoms. The molecule has 0 atom stereocenters. The molecule has 2 aliphatic heterocycles. The molecule has 1 aromatic rings. The maximum atomic E-state index is 3.29. The second-order valence-electron chi connectivity index (χ2n) is 3.34. The molecule has 86 valence electrons. The monoisotopic (exact) mass is 290 g/mol. The highest BCUT2D eigenvalue weighted by atomic mass is 33.1. The number of benzene rings is 1. The average molecular weight is 290 g/mol. The zero-order valence-electron chi connectivity index (χ0n) is 8.10. The van der Waals surface area contributed by atoms with Crippen molar-refractivity contribution in [3.8, 4) is 0 Å². The Labute approximate surface area is 110 Å². The van der Waals surface area contributed by atoms with E-state index in [1.54, 1.807) is 43.9 Å². The first-order valence-electron chi connectivity index (χ1n) is 4.70. The van der Waals surface area contributed by atoms with Crippen LogP contribution in [0, 0.1) is 0 Å². The van der Waals surface area contributed by atoms with Crippen LogP contribution in [0.4, 0.5) is 0 Å². The van der Waals surface area contributed by atoms with E-state index in [9.17, 15) is 0 Å². The van der Waals surface area contributed by atoms with Crippen LogP contribution >= 0.6 is 43.9 Å². The van der Waals surface area contributed by atoms with E-state index in [4.69, 9.17) is 0 Å². The van der Waals surface area contributed by atoms with E-state index in [0.29, 0.717) is 0 Å². The highest BCUT2D eigenvalue weighted by molar-refractivity contribution is 8.75. The van der Waals surface area contributed by atoms with Gasteiger partial charge in [-0.2, -0.15) is 0 Å². The molecule has 0 aliphatic carbocycles. The number of hydrogen-bond donors (Lipinski definition) is 4. The summed E-state index contributed by atoms with van der Waals surface area (Å²) in [4.78, 5) is 0. The Morgan fingerprint density at radius 3 is 1.25 bits per heavy atom. The summed E-state index contributed by atoms with van der Waals surface area (Å²) in [6.45, 7) is 0. The predicted molar refractivity (Wildman–Crippen MR) is 74.8 cm³/mol. The Morgan fingerprint density at radius 1 is 0.625 bits per heavy atom. The van der Waals surface area contributed by atoms with Crippen LogP contribution in [0.2, 0.25) is 0 Å². The van der Waals surface area contributed by atoms with Crippen molar-refractivity contribution in [2.24, 2.45) is 0 Å². The SMILES string of the molecule is c1cc(C2NSSN2)ccc1C1NSSN1. The van der Waals surface area contributed by atoms with E-state index >= 15 is 0 Å². The second kappa shape index (κ2) is 5.40. The fourth-order valence-corrected chi connectivity index (χ4v) is 4.73. The van der Waals surface area contributed by atoms with Gasteiger partial charge in [0.25, 0.3) is 0 Å². The highest BCUT2D eigenvalue weighted by Crippen LogP contribution is 2.32. The van der Waals surface area contributed by atoms with Crippen molar-refractivity contribution < 1.29 is 0 Å². The van der Waals surface area contributed by atoms with Crippen molar-refractivity contribution in [2.75, 3.05) is 0 Å². The van der Waals surface area contributed by atoms with Gasteiger partial charge in [0.05, 0.1) is 0 Å². The minimum Gasteiger partial charge on any atom is -0.232 e. The molecule has 0 unspecified atom stereocenters. The molecule has 0 amide bonds. The first kappa shape index (κ1) is 11.5. The van der Waals surface area contributed by atoms with E-state index in [1.807, 2.05) is 0 Å². The third-order valence-electron chi connectivity index (χ3n) is 2.35. The third-order valence-corrected chi connectivity index (χ3v) is 5.50. The zero-order valence-corrected chi connectivity index (χ0v) is 11.4. The van der Waals surface area contributed by atoms with Gasteiger partial charge in [0.2, 0.25) is 0 Å². The Kier molecular flexibility index (Phi) is 3.90. The second-order valence-corrected chi connectivity index (χ2v) is 6.95. The van der Waals surface area contributed by atoms with Crippen LogP contribution in [0.3, 0.4) is 0 Å². The lowest BCUT2D eigenvalue weighted by atomic mass is 10.1. The van der Waals surface area contributed by atoms with Crippen LogP contribution in [0.25, 0.3) is 0 Å². The summed E-state index contributed by atoms with van der Waals surface area (Å²) in [7, 11) is 6.52. The molecule has 0 radical (unpaired) electrons. The minimum atomic E-state index is 0.247. The van der Waals surface area contributed by atoms with Crippen molar-refractivity contribution >= 4 is 43.9 Å². The van der Waals surface area contributed by atoms with Crippen LogP contribution in [0.1, 0.15) is 23.5 Å². The Bertz CT molecular complexity index is 313. The largest absolute Gasteiger partial charge is 0.232 e. The third kappa shape index (κ3) is 2.49. The van der Waals surface area contributed by atoms with E-state index in [1.165, 1.54) is 11.1 Å². The van der Waals surface area contributed by atoms with Gasteiger partial charge in [0, 0.05) is 43.9 Å². The molecule has 0 bridgehead atoms. The molecular weight excluding hydrogens is 280 g/mol. The van der Waals surface area contributed by atoms with Crippen LogP contribution in [-0.2, 0) is 0 Å². The van der Waals surface area contributed by atoms with Gasteiger partial charge < -0.3 is 0 Å². The quantitative estimate of drug-likeness (QED) is 0.490. The van der Waals surface area contributed by atoms with Crippen molar-refractivity contribution in [1.82, 2.24) is 18.9 Å². The summed E-state index contributed by atoms with van der Waals surface area (Å²) in [6, 6.07) is 8.62. The van der Waals surface area contributed by atoms with Gasteiger partial charge in [0.15, 0.2) is 0 Å². The molecule has 0 spiro atoms. The van der Waals surface area contributed by atoms with Gasteiger partial charge in [-0.3, -0.25) is 0 Å². The van der Waals surface area contributed by atoms with Crippen LogP contribution in [0.15, 0.2) is 24.3 Å². The fourth-order valence-electron chi connectivity index (χ4n) is 1.49. The summed E-state index contributed by atoms with van der Waals surface area (Å²) >= 11 is 0. The smallest absolute Gasteiger partial charge is 0.103 e. The zero-order chi connectivity index (χ0) is 10.8. The molecule has 2 saturated heterocycles. The number of nitrogens with one attached hydrogen (secondary N) is 4. The fraction of sp³-hybridized carbons (Fsp3) is 0.250. The molecule has 0 saturated carbocycles. The van der Waals surface area contributed by atoms with Crippen molar-refractivity contribution in [1.29, 1.82) is 0 Å². The maximum absolute atomic E-state index is 3.29. The van der Waals surface area contributed by atoms with Gasteiger partial charge in [-0.25, -0.2) is 18.9 Å². The van der Waals surface area contributed by atoms with Crippen molar-refractivity contribution in [2.45, 2.75) is 12.3 Å². The topological polar surface area (TPSA) is 48.1 Å². The average Bonchev–Trinajstić information content (AvgIpc) is 3.03. The van der Waals surface area contributed by atoms with E-state index in [0.717, 1.165) is 0 Å². The Morgan fingerprint density at radius 2 is 0.938 bits per heavy atom. The van der Waals surface area contributed by atoms with E-state index < -0.39 is 0 Å². The summed E-state index contributed by atoms with van der Waals surface area (Å²) in [5.41, 5.74) is 2.53. The lowest BCUT2D eigenvalue weighted by molar-refractivity contribution is 0.666. The van der Waals surface area contributed by atoms with Gasteiger partial charge >= 0.3 is 0 Å². The number of hydrogen-bond acceptors (Lipinski definition) is 8. The molecule has 1 aromatic carbocycles. The molecule has 2 aliphatic rings. The normalized spacial score (nSPS) is 23.0. The maximum Gasteiger partial charge on any atom is 0.103 e.